The molecule has 1 aromatic carbocycles. The third kappa shape index (κ3) is 10.4. The summed E-state index contributed by atoms with van der Waals surface area (Å²) in [4.78, 5) is 52.3. The van der Waals surface area contributed by atoms with Crippen molar-refractivity contribution in [1.29, 1.82) is 0 Å². The summed E-state index contributed by atoms with van der Waals surface area (Å²) in [5.74, 6) is -1.24. The van der Waals surface area contributed by atoms with E-state index in [9.17, 15) is 19.2 Å². The van der Waals surface area contributed by atoms with Crippen molar-refractivity contribution in [3.8, 4) is 0 Å². The number of rotatable bonds is 11. The highest BCUT2D eigenvalue weighted by Gasteiger charge is 2.34. The van der Waals surface area contributed by atoms with Crippen LogP contribution in [0, 0.1) is 13.8 Å². The van der Waals surface area contributed by atoms with Gasteiger partial charge in [0.25, 0.3) is 0 Å². The molecule has 9 heteroatoms. The van der Waals surface area contributed by atoms with Crippen LogP contribution in [-0.4, -0.2) is 60.1 Å². The Morgan fingerprint density at radius 2 is 1.63 bits per heavy atom. The first-order valence-corrected chi connectivity index (χ1v) is 12.1. The monoisotopic (exact) mass is 491 g/mol. The molecule has 1 aromatic rings. The Kier molecular flexibility index (Phi) is 11.7. The van der Waals surface area contributed by atoms with E-state index >= 15 is 0 Å². The number of hydrogen-bond acceptors (Lipinski definition) is 6. The Morgan fingerprint density at radius 1 is 1.03 bits per heavy atom. The number of amides is 3. The van der Waals surface area contributed by atoms with Gasteiger partial charge in [-0.25, -0.2) is 4.79 Å². The van der Waals surface area contributed by atoms with E-state index in [1.807, 2.05) is 39.0 Å². The zero-order valence-corrected chi connectivity index (χ0v) is 22.3. The molecule has 0 saturated heterocycles. The topological polar surface area (TPSA) is 114 Å². The van der Waals surface area contributed by atoms with Crippen LogP contribution >= 0.6 is 0 Å². The number of alkyl carbamates (subject to hydrolysis) is 1. The summed E-state index contributed by atoms with van der Waals surface area (Å²) < 4.78 is 10.2. The van der Waals surface area contributed by atoms with Gasteiger partial charge >= 0.3 is 12.1 Å². The predicted molar refractivity (Wildman–Crippen MR) is 134 cm³/mol. The van der Waals surface area contributed by atoms with Crippen LogP contribution in [0.3, 0.4) is 0 Å². The quantitative estimate of drug-likeness (QED) is 0.458. The first-order chi connectivity index (χ1) is 16.3. The zero-order valence-electron chi connectivity index (χ0n) is 22.3. The van der Waals surface area contributed by atoms with Gasteiger partial charge in [0.15, 0.2) is 0 Å². The Balaban J connectivity index is 3.23. The third-order valence-electron chi connectivity index (χ3n) is 4.90. The molecular weight excluding hydrogens is 450 g/mol. The van der Waals surface area contributed by atoms with Gasteiger partial charge in [-0.05, 0) is 60.5 Å². The minimum absolute atomic E-state index is 0.0253. The number of aryl methyl sites for hydroxylation is 2. The summed E-state index contributed by atoms with van der Waals surface area (Å²) in [6.45, 7) is 14.9. The van der Waals surface area contributed by atoms with Gasteiger partial charge in [0.1, 0.15) is 17.7 Å². The van der Waals surface area contributed by atoms with E-state index in [2.05, 4.69) is 10.6 Å². The van der Waals surface area contributed by atoms with Crippen molar-refractivity contribution in [2.24, 2.45) is 0 Å². The largest absolute Gasteiger partial charge is 0.466 e. The molecule has 35 heavy (non-hydrogen) atoms. The molecule has 0 radical (unpaired) electrons. The second kappa shape index (κ2) is 13.7. The number of benzene rings is 1. The van der Waals surface area contributed by atoms with Crippen molar-refractivity contribution >= 4 is 23.9 Å². The van der Waals surface area contributed by atoms with Crippen molar-refractivity contribution < 1.29 is 28.7 Å². The van der Waals surface area contributed by atoms with Gasteiger partial charge in [-0.15, -0.1) is 0 Å². The molecule has 0 saturated carbocycles. The molecule has 2 atom stereocenters. The Morgan fingerprint density at radius 3 is 2.14 bits per heavy atom. The van der Waals surface area contributed by atoms with Gasteiger partial charge in [-0.2, -0.15) is 0 Å². The van der Waals surface area contributed by atoms with Crippen LogP contribution in [0.5, 0.6) is 0 Å². The maximum absolute atomic E-state index is 13.5. The second-order valence-electron chi connectivity index (χ2n) is 9.57. The van der Waals surface area contributed by atoms with Crippen molar-refractivity contribution in [2.75, 3.05) is 19.7 Å². The maximum Gasteiger partial charge on any atom is 0.408 e. The average molecular weight is 492 g/mol. The van der Waals surface area contributed by atoms with Crippen LogP contribution in [0.4, 0.5) is 4.79 Å². The molecule has 196 valence electrons. The van der Waals surface area contributed by atoms with Gasteiger partial charge in [0.2, 0.25) is 11.8 Å². The van der Waals surface area contributed by atoms with Gasteiger partial charge in [-0.1, -0.05) is 36.2 Å². The van der Waals surface area contributed by atoms with Gasteiger partial charge in [-0.3, -0.25) is 14.4 Å². The van der Waals surface area contributed by atoms with Crippen molar-refractivity contribution in [1.82, 2.24) is 15.5 Å². The highest BCUT2D eigenvalue weighted by molar-refractivity contribution is 5.92. The van der Waals surface area contributed by atoms with E-state index < -0.39 is 41.6 Å². The zero-order chi connectivity index (χ0) is 26.8. The molecule has 0 aliphatic heterocycles. The van der Waals surface area contributed by atoms with Gasteiger partial charge in [0, 0.05) is 13.1 Å². The van der Waals surface area contributed by atoms with E-state index in [-0.39, 0.29) is 19.6 Å². The number of nitrogens with zero attached hydrogens (tertiary/aromatic N) is 1. The van der Waals surface area contributed by atoms with Crippen LogP contribution in [0.2, 0.25) is 0 Å². The molecule has 2 unspecified atom stereocenters. The molecule has 0 aliphatic carbocycles. The van der Waals surface area contributed by atoms with Crippen LogP contribution in [0.25, 0.3) is 0 Å². The van der Waals surface area contributed by atoms with Crippen molar-refractivity contribution in [2.45, 2.75) is 85.9 Å². The number of carbonyl (C=O) groups is 4. The van der Waals surface area contributed by atoms with E-state index in [4.69, 9.17) is 9.47 Å². The summed E-state index contributed by atoms with van der Waals surface area (Å²) in [6.07, 6.45) is -0.0867. The summed E-state index contributed by atoms with van der Waals surface area (Å²) in [5.41, 5.74) is 1.85. The average Bonchev–Trinajstić information content (AvgIpc) is 2.70. The summed E-state index contributed by atoms with van der Waals surface area (Å²) in [6, 6.07) is 3.86. The van der Waals surface area contributed by atoms with Crippen LogP contribution in [0.15, 0.2) is 18.2 Å². The standard InChI is InChI=1S/C26H41N3O6/c1-9-13-29(24(32)19(5)28-25(33)35-26(6,7)8)22(20-15-17(3)14-18(4)16-20)23(31)27-12-11-21(30)34-10-2/h14-16,19,22H,9-13H2,1-8H3,(H,27,31)(H,28,33). The van der Waals surface area contributed by atoms with Crippen molar-refractivity contribution in [3.63, 3.8) is 0 Å². The fourth-order valence-electron chi connectivity index (χ4n) is 3.66. The lowest BCUT2D eigenvalue weighted by Crippen LogP contribution is -2.52. The summed E-state index contributed by atoms with van der Waals surface area (Å²) in [5, 5.41) is 5.34. The molecule has 0 bridgehead atoms. The number of esters is 1. The molecule has 2 N–H and O–H groups in total. The van der Waals surface area contributed by atoms with Crippen LogP contribution in [-0.2, 0) is 23.9 Å². The van der Waals surface area contributed by atoms with E-state index in [1.165, 1.54) is 4.90 Å². The Labute approximate surface area is 208 Å². The van der Waals surface area contributed by atoms with Crippen LogP contribution in [0.1, 0.15) is 77.1 Å². The molecule has 9 nitrogen and oxygen atoms in total. The highest BCUT2D eigenvalue weighted by atomic mass is 16.6. The minimum atomic E-state index is -0.939. The maximum atomic E-state index is 13.5. The van der Waals surface area contributed by atoms with Gasteiger partial charge in [0.05, 0.1) is 13.0 Å². The molecule has 0 fully saturated rings. The molecular formula is C26H41N3O6. The number of nitrogens with one attached hydrogen (secondary N) is 2. The third-order valence-corrected chi connectivity index (χ3v) is 4.90. The first-order valence-electron chi connectivity index (χ1n) is 12.1. The van der Waals surface area contributed by atoms with E-state index in [0.717, 1.165) is 11.1 Å². The molecule has 0 aromatic heterocycles. The second-order valence-corrected chi connectivity index (χ2v) is 9.57. The predicted octanol–water partition coefficient (Wildman–Crippen LogP) is 3.57. The minimum Gasteiger partial charge on any atom is -0.466 e. The van der Waals surface area contributed by atoms with E-state index in [1.54, 1.807) is 34.6 Å². The smallest absolute Gasteiger partial charge is 0.408 e. The van der Waals surface area contributed by atoms with Crippen molar-refractivity contribution in [3.05, 3.63) is 34.9 Å². The molecule has 3 amide bonds. The normalized spacial score (nSPS) is 12.8. The number of ether oxygens (including phenoxy) is 2. The lowest BCUT2D eigenvalue weighted by molar-refractivity contribution is -0.144. The summed E-state index contributed by atoms with van der Waals surface area (Å²) in [7, 11) is 0. The Hall–Kier alpha value is -3.10. The molecule has 0 spiro atoms. The fraction of sp³-hybridized carbons (Fsp3) is 0.615. The Bertz CT molecular complexity index is 873. The highest BCUT2D eigenvalue weighted by Crippen LogP contribution is 2.25. The fourth-order valence-corrected chi connectivity index (χ4v) is 3.66. The van der Waals surface area contributed by atoms with E-state index in [0.29, 0.717) is 18.5 Å². The first kappa shape index (κ1) is 29.9. The number of carbonyl (C=O) groups excluding carboxylic acids is 4. The molecule has 0 aliphatic rings. The molecule has 1 rings (SSSR count). The number of hydrogen-bond donors (Lipinski definition) is 2. The lowest BCUT2D eigenvalue weighted by atomic mass is 9.98. The summed E-state index contributed by atoms with van der Waals surface area (Å²) >= 11 is 0. The lowest BCUT2D eigenvalue weighted by Gasteiger charge is -2.33. The van der Waals surface area contributed by atoms with Gasteiger partial charge < -0.3 is 25.0 Å². The van der Waals surface area contributed by atoms with Crippen LogP contribution < -0.4 is 10.6 Å². The SMILES string of the molecule is CCCN(C(=O)C(C)NC(=O)OC(C)(C)C)C(C(=O)NCCC(=O)OCC)c1cc(C)cc(C)c1. The molecule has 0 heterocycles.